The van der Waals surface area contributed by atoms with Crippen LogP contribution in [-0.2, 0) is 22.6 Å². The molecule has 6 nitrogen and oxygen atoms in total. The van der Waals surface area contributed by atoms with E-state index in [2.05, 4.69) is 15.7 Å². The quantitative estimate of drug-likeness (QED) is 0.648. The molecule has 2 heterocycles. The van der Waals surface area contributed by atoms with Gasteiger partial charge in [0.15, 0.2) is 0 Å². The third kappa shape index (κ3) is 3.89. The molecule has 0 fully saturated rings. The average molecular weight is 409 g/mol. The first-order valence-electron chi connectivity index (χ1n) is 9.55. The van der Waals surface area contributed by atoms with Crippen molar-refractivity contribution >= 4 is 29.2 Å². The fourth-order valence-electron chi connectivity index (χ4n) is 3.53. The number of hydrogen-bond donors (Lipinski definition) is 2. The fourth-order valence-corrected chi connectivity index (χ4v) is 3.65. The van der Waals surface area contributed by atoms with Gasteiger partial charge in [-0.05, 0) is 29.7 Å². The zero-order valence-electron chi connectivity index (χ0n) is 16.0. The molecule has 3 aromatic rings. The first-order valence-corrected chi connectivity index (χ1v) is 9.93. The van der Waals surface area contributed by atoms with Gasteiger partial charge in [-0.2, -0.15) is 5.10 Å². The highest BCUT2D eigenvalue weighted by Gasteiger charge is 2.36. The van der Waals surface area contributed by atoms with Gasteiger partial charge in [0.2, 0.25) is 5.91 Å². The van der Waals surface area contributed by atoms with E-state index >= 15 is 0 Å². The molecular weight excluding hydrogens is 388 g/mol. The van der Waals surface area contributed by atoms with Crippen LogP contribution in [-0.4, -0.2) is 21.6 Å². The number of carbonyl (C=O) groups excluding carboxylic acids is 2. The molecule has 7 heteroatoms. The predicted octanol–water partition coefficient (Wildman–Crippen LogP) is 3.97. The number of nitrogens with one attached hydrogen (secondary N) is 2. The summed E-state index contributed by atoms with van der Waals surface area (Å²) in [5, 5.41) is 11.1. The zero-order valence-corrected chi connectivity index (χ0v) is 16.7. The summed E-state index contributed by atoms with van der Waals surface area (Å²) in [7, 11) is 0. The first-order chi connectivity index (χ1) is 14.1. The van der Waals surface area contributed by atoms with Gasteiger partial charge < -0.3 is 10.6 Å². The van der Waals surface area contributed by atoms with Crippen LogP contribution < -0.4 is 10.6 Å². The highest BCUT2D eigenvalue weighted by Crippen LogP contribution is 2.39. The summed E-state index contributed by atoms with van der Waals surface area (Å²) in [6, 6.07) is 16.4. The number of halogens is 1. The van der Waals surface area contributed by atoms with Crippen LogP contribution >= 0.6 is 11.6 Å². The Morgan fingerprint density at radius 2 is 1.90 bits per heavy atom. The maximum absolute atomic E-state index is 12.6. The normalized spacial score (nSPS) is 15.1. The Hall–Kier alpha value is -3.12. The molecule has 1 aliphatic heterocycles. The van der Waals surface area contributed by atoms with Crippen LogP contribution in [0.5, 0.6) is 0 Å². The third-order valence-corrected chi connectivity index (χ3v) is 5.25. The van der Waals surface area contributed by atoms with Crippen molar-refractivity contribution in [2.75, 3.05) is 5.32 Å². The number of amides is 2. The highest BCUT2D eigenvalue weighted by molar-refractivity contribution is 6.30. The molecule has 4 rings (SSSR count). The second-order valence-electron chi connectivity index (χ2n) is 6.95. The number of anilines is 1. The van der Waals surface area contributed by atoms with Crippen LogP contribution in [0.1, 0.15) is 30.6 Å². The topological polar surface area (TPSA) is 76.0 Å². The van der Waals surface area contributed by atoms with Crippen LogP contribution in [0.15, 0.2) is 54.6 Å². The molecule has 2 amide bonds. The number of fused-ring (bicyclic) bond motifs is 1. The number of carbonyl (C=O) groups is 2. The Morgan fingerprint density at radius 1 is 1.17 bits per heavy atom. The molecule has 0 saturated heterocycles. The van der Waals surface area contributed by atoms with Gasteiger partial charge in [0.25, 0.3) is 5.91 Å². The number of rotatable bonds is 6. The van der Waals surface area contributed by atoms with Crippen LogP contribution in [0, 0.1) is 0 Å². The van der Waals surface area contributed by atoms with Crippen molar-refractivity contribution in [2.45, 2.75) is 32.4 Å². The number of hydrogen-bond acceptors (Lipinski definition) is 3. The zero-order chi connectivity index (χ0) is 20.4. The number of aromatic nitrogens is 2. The van der Waals surface area contributed by atoms with Crippen molar-refractivity contribution in [2.24, 2.45) is 0 Å². The van der Waals surface area contributed by atoms with Gasteiger partial charge in [-0.25, -0.2) is 4.68 Å². The Balaban J connectivity index is 1.55. The van der Waals surface area contributed by atoms with Gasteiger partial charge in [0, 0.05) is 17.1 Å². The lowest BCUT2D eigenvalue weighted by molar-refractivity contribution is -0.126. The summed E-state index contributed by atoms with van der Waals surface area (Å²) >= 11 is 6.01. The number of nitrogens with zero attached hydrogens (tertiary/aromatic N) is 2. The standard InChI is InChI=1S/C22H21ClN4O2/c1-2-17-20(15-8-10-16(23)11-9-15)21-25-22(29)18(27(21)26-17)12-19(28)24-13-14-6-4-3-5-7-14/h3-11,18H,2,12-13H2,1H3,(H,24,28)(H,25,29). The van der Waals surface area contributed by atoms with Gasteiger partial charge in [0.05, 0.1) is 12.1 Å². The average Bonchev–Trinajstić information content (AvgIpc) is 3.23. The largest absolute Gasteiger partial charge is 0.352 e. The Kier molecular flexibility index (Phi) is 5.36. The fraction of sp³-hybridized carbons (Fsp3) is 0.227. The summed E-state index contributed by atoms with van der Waals surface area (Å²) in [4.78, 5) is 25.0. The van der Waals surface area contributed by atoms with Gasteiger partial charge in [0.1, 0.15) is 11.9 Å². The van der Waals surface area contributed by atoms with E-state index in [1.165, 1.54) is 0 Å². The van der Waals surface area contributed by atoms with Crippen molar-refractivity contribution < 1.29 is 9.59 Å². The molecular formula is C22H21ClN4O2. The lowest BCUT2D eigenvalue weighted by Crippen LogP contribution is -2.28. The SMILES string of the molecule is CCc1nn2c(c1-c1ccc(Cl)cc1)NC(=O)C2CC(=O)NCc1ccccc1. The van der Waals surface area contributed by atoms with Gasteiger partial charge in [-0.1, -0.05) is 61.0 Å². The second-order valence-corrected chi connectivity index (χ2v) is 7.38. The molecule has 1 unspecified atom stereocenters. The van der Waals surface area contributed by atoms with E-state index in [4.69, 9.17) is 11.6 Å². The van der Waals surface area contributed by atoms with Crippen LogP contribution in [0.2, 0.25) is 5.02 Å². The smallest absolute Gasteiger partial charge is 0.251 e. The van der Waals surface area contributed by atoms with Crippen LogP contribution in [0.25, 0.3) is 11.1 Å². The van der Waals surface area contributed by atoms with Crippen LogP contribution in [0.4, 0.5) is 5.82 Å². The molecule has 1 atom stereocenters. The van der Waals surface area contributed by atoms with Crippen molar-refractivity contribution in [3.8, 4) is 11.1 Å². The summed E-state index contributed by atoms with van der Waals surface area (Å²) in [5.41, 5.74) is 3.69. The van der Waals surface area contributed by atoms with E-state index in [-0.39, 0.29) is 18.2 Å². The number of aryl methyl sites for hydroxylation is 1. The minimum absolute atomic E-state index is 0.0383. The van der Waals surface area contributed by atoms with E-state index in [1.54, 1.807) is 4.68 Å². The van der Waals surface area contributed by atoms with E-state index in [0.717, 1.165) is 22.4 Å². The minimum atomic E-state index is -0.660. The van der Waals surface area contributed by atoms with E-state index in [9.17, 15) is 9.59 Å². The maximum Gasteiger partial charge on any atom is 0.251 e. The third-order valence-electron chi connectivity index (χ3n) is 5.00. The van der Waals surface area contributed by atoms with Crippen molar-refractivity contribution in [3.63, 3.8) is 0 Å². The van der Waals surface area contributed by atoms with Gasteiger partial charge >= 0.3 is 0 Å². The van der Waals surface area contributed by atoms with Gasteiger partial charge in [-0.15, -0.1) is 0 Å². The lowest BCUT2D eigenvalue weighted by atomic mass is 10.0. The highest BCUT2D eigenvalue weighted by atomic mass is 35.5. The molecule has 0 bridgehead atoms. The molecule has 148 valence electrons. The molecule has 1 aliphatic rings. The van der Waals surface area contributed by atoms with Crippen molar-refractivity contribution in [1.29, 1.82) is 0 Å². The predicted molar refractivity (Wildman–Crippen MR) is 113 cm³/mol. The van der Waals surface area contributed by atoms with E-state index < -0.39 is 6.04 Å². The second kappa shape index (κ2) is 8.09. The van der Waals surface area contributed by atoms with Crippen molar-refractivity contribution in [1.82, 2.24) is 15.1 Å². The maximum atomic E-state index is 12.6. The molecule has 2 N–H and O–H groups in total. The molecule has 0 saturated carbocycles. The summed E-state index contributed by atoms with van der Waals surface area (Å²) in [6.07, 6.45) is 0.747. The summed E-state index contributed by atoms with van der Waals surface area (Å²) in [5.74, 6) is 0.221. The van der Waals surface area contributed by atoms with E-state index in [0.29, 0.717) is 23.8 Å². The Morgan fingerprint density at radius 3 is 2.59 bits per heavy atom. The number of benzene rings is 2. The molecule has 0 aliphatic carbocycles. The van der Waals surface area contributed by atoms with E-state index in [1.807, 2.05) is 61.5 Å². The molecule has 0 radical (unpaired) electrons. The Labute approximate surface area is 173 Å². The van der Waals surface area contributed by atoms with Gasteiger partial charge in [-0.3, -0.25) is 9.59 Å². The minimum Gasteiger partial charge on any atom is -0.352 e. The molecule has 29 heavy (non-hydrogen) atoms. The Bertz CT molecular complexity index is 1040. The molecule has 1 aromatic heterocycles. The summed E-state index contributed by atoms with van der Waals surface area (Å²) < 4.78 is 1.65. The lowest BCUT2D eigenvalue weighted by Gasteiger charge is -2.10. The summed E-state index contributed by atoms with van der Waals surface area (Å²) in [6.45, 7) is 2.44. The first kappa shape index (κ1) is 19.2. The molecule has 2 aromatic carbocycles. The molecule has 0 spiro atoms. The monoisotopic (exact) mass is 408 g/mol. The van der Waals surface area contributed by atoms with Crippen molar-refractivity contribution in [3.05, 3.63) is 70.9 Å². The van der Waals surface area contributed by atoms with Crippen LogP contribution in [0.3, 0.4) is 0 Å².